The molecule has 3 aromatic carbocycles. The van der Waals surface area contributed by atoms with Crippen LogP contribution in [0.15, 0.2) is 82.8 Å². The first kappa shape index (κ1) is 19.6. The number of ether oxygens (including phenoxy) is 1. The second-order valence-corrected chi connectivity index (χ2v) is 7.78. The zero-order chi connectivity index (χ0) is 20.0. The Kier molecular flexibility index (Phi) is 6.06. The molecular formula is C21H19FN2O3S. The first-order valence-corrected chi connectivity index (χ1v) is 10.0. The molecule has 0 aromatic heterocycles. The Morgan fingerprint density at radius 1 is 1.00 bits per heavy atom. The van der Waals surface area contributed by atoms with Crippen LogP contribution in [0.4, 0.5) is 4.39 Å². The first-order valence-electron chi connectivity index (χ1n) is 8.52. The topological polar surface area (TPSA) is 67.8 Å². The Labute approximate surface area is 163 Å². The molecule has 3 aromatic rings. The third kappa shape index (κ3) is 5.17. The van der Waals surface area contributed by atoms with Crippen LogP contribution in [-0.4, -0.2) is 14.6 Å². The highest BCUT2D eigenvalue weighted by Gasteiger charge is 2.12. The fourth-order valence-electron chi connectivity index (χ4n) is 2.40. The molecule has 5 nitrogen and oxygen atoms in total. The number of hydrogen-bond donors (Lipinski definition) is 1. The second-order valence-electron chi connectivity index (χ2n) is 6.12. The molecule has 0 spiro atoms. The van der Waals surface area contributed by atoms with Crippen molar-refractivity contribution in [2.45, 2.75) is 18.4 Å². The van der Waals surface area contributed by atoms with Gasteiger partial charge in [-0.15, -0.1) is 0 Å². The maximum Gasteiger partial charge on any atom is 0.276 e. The number of nitrogens with zero attached hydrogens (tertiary/aromatic N) is 1. The number of nitrogens with one attached hydrogen (secondary N) is 1. The van der Waals surface area contributed by atoms with Gasteiger partial charge in [-0.1, -0.05) is 42.0 Å². The van der Waals surface area contributed by atoms with Gasteiger partial charge in [-0.3, -0.25) is 0 Å². The quantitative estimate of drug-likeness (QED) is 0.483. The Bertz CT molecular complexity index is 1060. The Morgan fingerprint density at radius 2 is 1.68 bits per heavy atom. The number of hydrazone groups is 1. The van der Waals surface area contributed by atoms with Gasteiger partial charge in [-0.05, 0) is 48.9 Å². The zero-order valence-corrected chi connectivity index (χ0v) is 16.0. The number of aryl methyl sites for hydroxylation is 1. The van der Waals surface area contributed by atoms with E-state index >= 15 is 0 Å². The average Bonchev–Trinajstić information content (AvgIpc) is 2.69. The lowest BCUT2D eigenvalue weighted by molar-refractivity contribution is 0.306. The lowest BCUT2D eigenvalue weighted by Crippen LogP contribution is -2.18. The largest absolute Gasteiger partial charge is 0.488 e. The summed E-state index contributed by atoms with van der Waals surface area (Å²) in [7, 11) is -3.87. The summed E-state index contributed by atoms with van der Waals surface area (Å²) in [6.07, 6.45) is 1.37. The average molecular weight is 398 g/mol. The first-order chi connectivity index (χ1) is 13.4. The van der Waals surface area contributed by atoms with Gasteiger partial charge >= 0.3 is 0 Å². The minimum atomic E-state index is -3.87. The lowest BCUT2D eigenvalue weighted by atomic mass is 10.1. The molecule has 0 radical (unpaired) electrons. The van der Waals surface area contributed by atoms with E-state index in [1.807, 2.05) is 37.3 Å². The molecule has 0 saturated carbocycles. The van der Waals surface area contributed by atoms with Crippen molar-refractivity contribution in [2.75, 3.05) is 0 Å². The van der Waals surface area contributed by atoms with Crippen molar-refractivity contribution in [2.24, 2.45) is 5.10 Å². The number of benzene rings is 3. The third-order valence-corrected chi connectivity index (χ3v) is 5.17. The molecule has 0 amide bonds. The minimum absolute atomic E-state index is 0.0741. The molecule has 0 fully saturated rings. The van der Waals surface area contributed by atoms with Gasteiger partial charge in [0.15, 0.2) is 0 Å². The van der Waals surface area contributed by atoms with Crippen molar-refractivity contribution in [3.05, 3.63) is 95.3 Å². The summed E-state index contributed by atoms with van der Waals surface area (Å²) in [5.41, 5.74) is 2.82. The van der Waals surface area contributed by atoms with Gasteiger partial charge in [0.25, 0.3) is 10.0 Å². The normalized spacial score (nSPS) is 11.5. The summed E-state index contributed by atoms with van der Waals surface area (Å²) < 4.78 is 43.1. The van der Waals surface area contributed by atoms with Crippen molar-refractivity contribution in [1.29, 1.82) is 0 Å². The maximum atomic E-state index is 12.9. The van der Waals surface area contributed by atoms with Gasteiger partial charge in [-0.2, -0.15) is 13.5 Å². The van der Waals surface area contributed by atoms with Crippen LogP contribution in [0.2, 0.25) is 0 Å². The predicted octanol–water partition coefficient (Wildman–Crippen LogP) is 4.03. The van der Waals surface area contributed by atoms with Crippen LogP contribution in [0, 0.1) is 12.7 Å². The Hall–Kier alpha value is -3.19. The Morgan fingerprint density at radius 3 is 2.39 bits per heavy atom. The molecule has 0 aliphatic heterocycles. The van der Waals surface area contributed by atoms with Crippen molar-refractivity contribution in [1.82, 2.24) is 4.83 Å². The molecular weight excluding hydrogens is 379 g/mol. The highest BCUT2D eigenvalue weighted by Crippen LogP contribution is 2.18. The van der Waals surface area contributed by atoms with E-state index in [9.17, 15) is 12.8 Å². The van der Waals surface area contributed by atoms with Gasteiger partial charge in [0.05, 0.1) is 11.1 Å². The lowest BCUT2D eigenvalue weighted by Gasteiger charge is -2.09. The fourth-order valence-corrected chi connectivity index (χ4v) is 3.19. The van der Waals surface area contributed by atoms with Gasteiger partial charge in [0.1, 0.15) is 18.2 Å². The summed E-state index contributed by atoms with van der Waals surface area (Å²) in [5, 5.41) is 3.80. The molecule has 3 rings (SSSR count). The highest BCUT2D eigenvalue weighted by atomic mass is 32.2. The molecule has 0 atom stereocenters. The maximum absolute atomic E-state index is 12.9. The van der Waals surface area contributed by atoms with E-state index in [1.54, 1.807) is 18.2 Å². The van der Waals surface area contributed by atoms with E-state index in [0.717, 1.165) is 17.7 Å². The van der Waals surface area contributed by atoms with Crippen LogP contribution in [0.25, 0.3) is 0 Å². The smallest absolute Gasteiger partial charge is 0.276 e. The number of rotatable bonds is 7. The minimum Gasteiger partial charge on any atom is -0.488 e. The van der Waals surface area contributed by atoms with Crippen molar-refractivity contribution >= 4 is 16.2 Å². The monoisotopic (exact) mass is 398 g/mol. The standard InChI is InChI=1S/C21H19FN2O3S/c1-16-6-8-17(9-7-16)15-27-21-5-3-2-4-18(21)14-23-24-28(25,26)20-12-10-19(22)11-13-20/h2-14,24H,15H2,1H3/b23-14+. The predicted molar refractivity (Wildman–Crippen MR) is 106 cm³/mol. The molecule has 0 heterocycles. The van der Waals surface area contributed by atoms with E-state index in [1.165, 1.54) is 23.9 Å². The van der Waals surface area contributed by atoms with Gasteiger partial charge in [-0.25, -0.2) is 9.22 Å². The fraction of sp³-hybridized carbons (Fsp3) is 0.0952. The van der Waals surface area contributed by atoms with Crippen molar-refractivity contribution in [3.8, 4) is 5.75 Å². The van der Waals surface area contributed by atoms with Crippen LogP contribution < -0.4 is 9.57 Å². The second kappa shape index (κ2) is 8.67. The number of halogens is 1. The van der Waals surface area contributed by atoms with Crippen LogP contribution in [-0.2, 0) is 16.6 Å². The summed E-state index contributed by atoms with van der Waals surface area (Å²) in [4.78, 5) is 2.04. The molecule has 144 valence electrons. The van der Waals surface area contributed by atoms with Crippen molar-refractivity contribution < 1.29 is 17.5 Å². The molecule has 0 saturated heterocycles. The number of para-hydroxylation sites is 1. The van der Waals surface area contributed by atoms with E-state index in [2.05, 4.69) is 9.93 Å². The van der Waals surface area contributed by atoms with Gasteiger partial charge in [0, 0.05) is 5.56 Å². The van der Waals surface area contributed by atoms with Crippen LogP contribution in [0.1, 0.15) is 16.7 Å². The molecule has 0 aliphatic carbocycles. The number of sulfonamides is 1. The SMILES string of the molecule is Cc1ccc(COc2ccccc2/C=N/NS(=O)(=O)c2ccc(F)cc2)cc1. The Balaban J connectivity index is 1.68. The molecule has 0 aliphatic rings. The summed E-state index contributed by atoms with van der Waals surface area (Å²) in [6, 6.07) is 19.7. The van der Waals surface area contributed by atoms with E-state index in [4.69, 9.17) is 4.74 Å². The zero-order valence-electron chi connectivity index (χ0n) is 15.2. The number of hydrogen-bond acceptors (Lipinski definition) is 4. The molecule has 7 heteroatoms. The van der Waals surface area contributed by atoms with E-state index in [0.29, 0.717) is 17.9 Å². The van der Waals surface area contributed by atoms with Crippen LogP contribution in [0.3, 0.4) is 0 Å². The molecule has 28 heavy (non-hydrogen) atoms. The summed E-state index contributed by atoms with van der Waals surface area (Å²) >= 11 is 0. The highest BCUT2D eigenvalue weighted by molar-refractivity contribution is 7.89. The summed E-state index contributed by atoms with van der Waals surface area (Å²) in [5.74, 6) is 0.0647. The van der Waals surface area contributed by atoms with Crippen LogP contribution >= 0.6 is 0 Å². The molecule has 1 N–H and O–H groups in total. The van der Waals surface area contributed by atoms with E-state index < -0.39 is 15.8 Å². The van der Waals surface area contributed by atoms with Crippen LogP contribution in [0.5, 0.6) is 5.75 Å². The molecule has 0 bridgehead atoms. The van der Waals surface area contributed by atoms with Gasteiger partial charge in [0.2, 0.25) is 0 Å². The van der Waals surface area contributed by atoms with E-state index in [-0.39, 0.29) is 4.90 Å². The van der Waals surface area contributed by atoms with Gasteiger partial charge < -0.3 is 4.74 Å². The van der Waals surface area contributed by atoms with Crippen molar-refractivity contribution in [3.63, 3.8) is 0 Å². The summed E-state index contributed by atoms with van der Waals surface area (Å²) in [6.45, 7) is 2.40. The third-order valence-electron chi connectivity index (χ3n) is 3.93. The molecule has 0 unspecified atom stereocenters.